The van der Waals surface area contributed by atoms with Crippen molar-refractivity contribution in [2.24, 2.45) is 0 Å². The van der Waals surface area contributed by atoms with E-state index in [2.05, 4.69) is 15.0 Å². The second-order valence-corrected chi connectivity index (χ2v) is 8.40. The summed E-state index contributed by atoms with van der Waals surface area (Å²) in [5, 5.41) is 7.91. The zero-order valence-electron chi connectivity index (χ0n) is 16.6. The van der Waals surface area contributed by atoms with E-state index >= 15 is 0 Å². The van der Waals surface area contributed by atoms with Gasteiger partial charge in [-0.25, -0.2) is 0 Å². The Bertz CT molecular complexity index is 808. The minimum absolute atomic E-state index is 0.0993. The normalized spacial score (nSPS) is 18.2. The second kappa shape index (κ2) is 9.49. The standard InChI is InChI=1S/C20H27N5O3S/c26-18(5-4-17-21-20(22-28-17)16-6-13-29-15-16)25-11-9-23(10-12-25)14-19(27)24-7-2-1-3-8-24/h6,13,15H,1-5,7-12,14H2. The summed E-state index contributed by atoms with van der Waals surface area (Å²) >= 11 is 1.58. The van der Waals surface area contributed by atoms with Gasteiger partial charge in [0.25, 0.3) is 0 Å². The van der Waals surface area contributed by atoms with Crippen molar-refractivity contribution >= 4 is 23.2 Å². The van der Waals surface area contributed by atoms with Crippen molar-refractivity contribution in [1.29, 1.82) is 0 Å². The molecule has 0 bridgehead atoms. The van der Waals surface area contributed by atoms with Gasteiger partial charge < -0.3 is 14.3 Å². The van der Waals surface area contributed by atoms with Crippen LogP contribution < -0.4 is 0 Å². The van der Waals surface area contributed by atoms with E-state index in [0.29, 0.717) is 44.2 Å². The topological polar surface area (TPSA) is 82.8 Å². The summed E-state index contributed by atoms with van der Waals surface area (Å²) in [6.07, 6.45) is 4.26. The molecule has 29 heavy (non-hydrogen) atoms. The number of piperidine rings is 1. The molecule has 0 N–H and O–H groups in total. The maximum absolute atomic E-state index is 12.5. The molecule has 0 atom stereocenters. The van der Waals surface area contributed by atoms with E-state index in [0.717, 1.165) is 44.6 Å². The van der Waals surface area contributed by atoms with E-state index in [-0.39, 0.29) is 11.8 Å². The third kappa shape index (κ3) is 5.22. The van der Waals surface area contributed by atoms with Crippen LogP contribution in [-0.4, -0.2) is 82.5 Å². The number of thiophene rings is 1. The van der Waals surface area contributed by atoms with E-state index in [9.17, 15) is 9.59 Å². The molecule has 2 aliphatic rings. The molecular formula is C20H27N5O3S. The minimum Gasteiger partial charge on any atom is -0.342 e. The van der Waals surface area contributed by atoms with E-state index in [1.54, 1.807) is 11.3 Å². The van der Waals surface area contributed by atoms with E-state index in [1.165, 1.54) is 6.42 Å². The van der Waals surface area contributed by atoms with Gasteiger partial charge >= 0.3 is 0 Å². The fourth-order valence-corrected chi connectivity index (χ4v) is 4.46. The Balaban J connectivity index is 1.18. The van der Waals surface area contributed by atoms with Gasteiger partial charge in [-0.05, 0) is 30.7 Å². The number of hydrogen-bond acceptors (Lipinski definition) is 7. The fourth-order valence-electron chi connectivity index (χ4n) is 3.83. The fraction of sp³-hybridized carbons (Fsp3) is 0.600. The van der Waals surface area contributed by atoms with Gasteiger partial charge in [0.2, 0.25) is 23.5 Å². The van der Waals surface area contributed by atoms with Gasteiger partial charge in [0.1, 0.15) is 0 Å². The highest BCUT2D eigenvalue weighted by atomic mass is 32.1. The molecule has 2 aromatic heterocycles. The first-order chi connectivity index (χ1) is 14.2. The lowest BCUT2D eigenvalue weighted by Crippen LogP contribution is -2.52. The molecule has 0 radical (unpaired) electrons. The summed E-state index contributed by atoms with van der Waals surface area (Å²) in [4.78, 5) is 35.3. The van der Waals surface area contributed by atoms with Crippen molar-refractivity contribution < 1.29 is 14.1 Å². The average molecular weight is 418 g/mol. The lowest BCUT2D eigenvalue weighted by atomic mass is 10.1. The quantitative estimate of drug-likeness (QED) is 0.714. The number of hydrogen-bond donors (Lipinski definition) is 0. The molecule has 0 unspecified atom stereocenters. The average Bonchev–Trinajstić information content (AvgIpc) is 3.45. The molecule has 0 aliphatic carbocycles. The molecule has 0 aromatic carbocycles. The summed E-state index contributed by atoms with van der Waals surface area (Å²) < 4.78 is 5.27. The van der Waals surface area contributed by atoms with Crippen LogP contribution in [0, 0.1) is 0 Å². The highest BCUT2D eigenvalue weighted by molar-refractivity contribution is 7.08. The van der Waals surface area contributed by atoms with Crippen LogP contribution in [0.3, 0.4) is 0 Å². The summed E-state index contributed by atoms with van der Waals surface area (Å²) in [6, 6.07) is 1.94. The first-order valence-corrected chi connectivity index (χ1v) is 11.3. The number of nitrogens with zero attached hydrogens (tertiary/aromatic N) is 5. The smallest absolute Gasteiger partial charge is 0.236 e. The molecule has 2 saturated heterocycles. The predicted octanol–water partition coefficient (Wildman–Crippen LogP) is 1.89. The van der Waals surface area contributed by atoms with Crippen LogP contribution in [0.25, 0.3) is 11.4 Å². The SMILES string of the molecule is O=C(CCc1nc(-c2ccsc2)no1)N1CCN(CC(=O)N2CCCCC2)CC1. The molecule has 4 rings (SSSR count). The van der Waals surface area contributed by atoms with Crippen molar-refractivity contribution in [3.05, 3.63) is 22.7 Å². The molecule has 8 nitrogen and oxygen atoms in total. The highest BCUT2D eigenvalue weighted by Crippen LogP contribution is 2.19. The molecular weight excluding hydrogens is 390 g/mol. The van der Waals surface area contributed by atoms with Crippen LogP contribution in [-0.2, 0) is 16.0 Å². The van der Waals surface area contributed by atoms with Crippen molar-refractivity contribution in [3.8, 4) is 11.4 Å². The molecule has 2 fully saturated rings. The van der Waals surface area contributed by atoms with Crippen LogP contribution >= 0.6 is 11.3 Å². The van der Waals surface area contributed by atoms with Gasteiger partial charge in [-0.2, -0.15) is 16.3 Å². The maximum Gasteiger partial charge on any atom is 0.236 e. The number of aryl methyl sites for hydroxylation is 1. The van der Waals surface area contributed by atoms with Crippen molar-refractivity contribution in [1.82, 2.24) is 24.8 Å². The summed E-state index contributed by atoms with van der Waals surface area (Å²) in [6.45, 7) is 5.06. The zero-order valence-corrected chi connectivity index (χ0v) is 17.4. The largest absolute Gasteiger partial charge is 0.342 e. The number of amides is 2. The zero-order chi connectivity index (χ0) is 20.1. The van der Waals surface area contributed by atoms with Crippen LogP contribution in [0.1, 0.15) is 31.6 Å². The molecule has 4 heterocycles. The first kappa shape index (κ1) is 20.0. The summed E-state index contributed by atoms with van der Waals surface area (Å²) in [5.74, 6) is 1.38. The van der Waals surface area contributed by atoms with Gasteiger partial charge in [0, 0.05) is 63.1 Å². The van der Waals surface area contributed by atoms with Crippen molar-refractivity contribution in [3.63, 3.8) is 0 Å². The van der Waals surface area contributed by atoms with Gasteiger partial charge in [-0.15, -0.1) is 0 Å². The lowest BCUT2D eigenvalue weighted by Gasteiger charge is -2.36. The monoisotopic (exact) mass is 417 g/mol. The number of likely N-dealkylation sites (tertiary alicyclic amines) is 1. The van der Waals surface area contributed by atoms with Crippen LogP contribution in [0.15, 0.2) is 21.3 Å². The van der Waals surface area contributed by atoms with Gasteiger partial charge in [0.05, 0.1) is 6.54 Å². The Kier molecular flexibility index (Phi) is 6.56. The first-order valence-electron chi connectivity index (χ1n) is 10.3. The Morgan fingerprint density at radius 1 is 1.00 bits per heavy atom. The van der Waals surface area contributed by atoms with Crippen LogP contribution in [0.4, 0.5) is 0 Å². The summed E-state index contributed by atoms with van der Waals surface area (Å²) in [5.41, 5.74) is 0.937. The minimum atomic E-state index is 0.0993. The third-order valence-corrected chi connectivity index (χ3v) is 6.28. The lowest BCUT2D eigenvalue weighted by molar-refractivity contribution is -0.135. The van der Waals surface area contributed by atoms with E-state index in [1.807, 2.05) is 26.6 Å². The number of aromatic nitrogens is 2. The highest BCUT2D eigenvalue weighted by Gasteiger charge is 2.25. The van der Waals surface area contributed by atoms with E-state index in [4.69, 9.17) is 4.52 Å². The van der Waals surface area contributed by atoms with Gasteiger partial charge in [-0.3, -0.25) is 14.5 Å². The molecule has 2 aromatic rings. The third-order valence-electron chi connectivity index (χ3n) is 5.59. The number of carbonyl (C=O) groups is 2. The van der Waals surface area contributed by atoms with Gasteiger partial charge in [0.15, 0.2) is 0 Å². The summed E-state index contributed by atoms with van der Waals surface area (Å²) in [7, 11) is 0. The molecule has 9 heteroatoms. The Hall–Kier alpha value is -2.26. The predicted molar refractivity (Wildman–Crippen MR) is 109 cm³/mol. The number of piperazine rings is 1. The Morgan fingerprint density at radius 2 is 1.76 bits per heavy atom. The molecule has 2 amide bonds. The Morgan fingerprint density at radius 3 is 2.48 bits per heavy atom. The molecule has 0 saturated carbocycles. The number of rotatable bonds is 6. The van der Waals surface area contributed by atoms with Crippen LogP contribution in [0.5, 0.6) is 0 Å². The van der Waals surface area contributed by atoms with Crippen LogP contribution in [0.2, 0.25) is 0 Å². The maximum atomic E-state index is 12.5. The number of carbonyl (C=O) groups excluding carboxylic acids is 2. The molecule has 2 aliphatic heterocycles. The van der Waals surface area contributed by atoms with Crippen molar-refractivity contribution in [2.75, 3.05) is 45.8 Å². The molecule has 156 valence electrons. The van der Waals surface area contributed by atoms with Gasteiger partial charge in [-0.1, -0.05) is 5.16 Å². The van der Waals surface area contributed by atoms with E-state index < -0.39 is 0 Å². The van der Waals surface area contributed by atoms with Crippen molar-refractivity contribution in [2.45, 2.75) is 32.1 Å². The second-order valence-electron chi connectivity index (χ2n) is 7.62. The Labute approximate surface area is 174 Å². The molecule has 0 spiro atoms.